The molecule has 0 spiro atoms. The lowest BCUT2D eigenvalue weighted by Gasteiger charge is -1.97. The van der Waals surface area contributed by atoms with Crippen LogP contribution < -0.4 is 0 Å². The van der Waals surface area contributed by atoms with Crippen LogP contribution in [0.25, 0.3) is 0 Å². The highest BCUT2D eigenvalue weighted by atomic mass is 16.5. The van der Waals surface area contributed by atoms with E-state index in [4.69, 9.17) is 0 Å². The summed E-state index contributed by atoms with van der Waals surface area (Å²) in [6.45, 7) is 0. The van der Waals surface area contributed by atoms with Gasteiger partial charge in [0.05, 0.1) is 14.2 Å². The lowest BCUT2D eigenvalue weighted by atomic mass is 10.1. The van der Waals surface area contributed by atoms with E-state index in [1.54, 1.807) is 12.2 Å². The van der Waals surface area contributed by atoms with Gasteiger partial charge in [0, 0.05) is 12.2 Å². The average Bonchev–Trinajstić information content (AvgIpc) is 2.80. The molecule has 1 rings (SSSR count). The standard InChI is InChI=1S/C13H16O4/c1-16-12(14)8-6-10-4-3-5-11(10)7-9-13(15)17-2/h6-9H,3-5H2,1-2H3/b8-6+,9-7+. The maximum atomic E-state index is 11.0. The van der Waals surface area contributed by atoms with Crippen LogP contribution in [-0.4, -0.2) is 26.2 Å². The molecular formula is C13H16O4. The number of carbonyl (C=O) groups excluding carboxylic acids is 2. The van der Waals surface area contributed by atoms with E-state index in [-0.39, 0.29) is 11.9 Å². The van der Waals surface area contributed by atoms with Gasteiger partial charge in [-0.05, 0) is 30.4 Å². The highest BCUT2D eigenvalue weighted by molar-refractivity contribution is 5.83. The van der Waals surface area contributed by atoms with Gasteiger partial charge in [-0.3, -0.25) is 0 Å². The first-order chi connectivity index (χ1) is 8.17. The minimum atomic E-state index is -0.374. The van der Waals surface area contributed by atoms with E-state index in [1.807, 2.05) is 0 Å². The van der Waals surface area contributed by atoms with Crippen molar-refractivity contribution in [1.82, 2.24) is 0 Å². The van der Waals surface area contributed by atoms with Gasteiger partial charge < -0.3 is 9.47 Å². The summed E-state index contributed by atoms with van der Waals surface area (Å²) in [7, 11) is 2.68. The zero-order valence-corrected chi connectivity index (χ0v) is 10.1. The number of rotatable bonds is 4. The molecule has 17 heavy (non-hydrogen) atoms. The first-order valence-corrected chi connectivity index (χ1v) is 5.41. The Morgan fingerprint density at radius 3 is 1.71 bits per heavy atom. The van der Waals surface area contributed by atoms with Crippen LogP contribution in [0.5, 0.6) is 0 Å². The van der Waals surface area contributed by atoms with Crippen molar-refractivity contribution in [3.63, 3.8) is 0 Å². The Balaban J connectivity index is 2.73. The van der Waals surface area contributed by atoms with Crippen LogP contribution >= 0.6 is 0 Å². The van der Waals surface area contributed by atoms with Gasteiger partial charge in [-0.25, -0.2) is 9.59 Å². The second-order valence-corrected chi connectivity index (χ2v) is 3.62. The summed E-state index contributed by atoms with van der Waals surface area (Å²) in [6, 6.07) is 0. The number of methoxy groups -OCH3 is 2. The van der Waals surface area contributed by atoms with Gasteiger partial charge in [-0.15, -0.1) is 0 Å². The quantitative estimate of drug-likeness (QED) is 0.553. The molecule has 0 bridgehead atoms. The lowest BCUT2D eigenvalue weighted by Crippen LogP contribution is -1.95. The topological polar surface area (TPSA) is 52.6 Å². The molecule has 0 aromatic rings. The van der Waals surface area contributed by atoms with Gasteiger partial charge in [0.1, 0.15) is 0 Å². The predicted octanol–water partition coefficient (Wildman–Crippen LogP) is 1.93. The number of carbonyl (C=O) groups is 2. The number of ether oxygens (including phenoxy) is 2. The Kier molecular flexibility index (Phi) is 5.20. The van der Waals surface area contributed by atoms with E-state index in [0.717, 1.165) is 30.4 Å². The minimum Gasteiger partial charge on any atom is -0.466 e. The van der Waals surface area contributed by atoms with Gasteiger partial charge in [0.15, 0.2) is 0 Å². The highest BCUT2D eigenvalue weighted by Crippen LogP contribution is 2.27. The Hall–Kier alpha value is -1.84. The molecule has 1 aliphatic rings. The predicted molar refractivity (Wildman–Crippen MR) is 63.2 cm³/mol. The fraction of sp³-hybridized carbons (Fsp3) is 0.385. The van der Waals surface area contributed by atoms with Crippen LogP contribution in [0.3, 0.4) is 0 Å². The zero-order chi connectivity index (χ0) is 12.7. The molecule has 0 saturated heterocycles. The van der Waals surface area contributed by atoms with Gasteiger partial charge >= 0.3 is 11.9 Å². The van der Waals surface area contributed by atoms with Gasteiger partial charge in [-0.1, -0.05) is 12.2 Å². The van der Waals surface area contributed by atoms with E-state index in [2.05, 4.69) is 9.47 Å². The normalized spacial score (nSPS) is 15.9. The van der Waals surface area contributed by atoms with E-state index in [0.29, 0.717) is 0 Å². The van der Waals surface area contributed by atoms with Gasteiger partial charge in [-0.2, -0.15) is 0 Å². The molecule has 0 atom stereocenters. The largest absolute Gasteiger partial charge is 0.466 e. The fourth-order valence-corrected chi connectivity index (χ4v) is 1.64. The number of allylic oxidation sites excluding steroid dienone is 4. The molecule has 0 aromatic heterocycles. The summed E-state index contributed by atoms with van der Waals surface area (Å²) in [4.78, 5) is 21.9. The molecule has 4 nitrogen and oxygen atoms in total. The molecule has 0 unspecified atom stereocenters. The molecule has 0 heterocycles. The van der Waals surface area contributed by atoms with Crippen molar-refractivity contribution in [3.05, 3.63) is 35.5 Å². The fourth-order valence-electron chi connectivity index (χ4n) is 1.64. The van der Waals surface area contributed by atoms with E-state index in [9.17, 15) is 9.59 Å². The molecule has 92 valence electrons. The molecule has 0 N–H and O–H groups in total. The van der Waals surface area contributed by atoms with Crippen LogP contribution in [0.1, 0.15) is 19.3 Å². The van der Waals surface area contributed by atoms with Crippen LogP contribution in [0.15, 0.2) is 35.5 Å². The van der Waals surface area contributed by atoms with Crippen molar-refractivity contribution in [2.75, 3.05) is 14.2 Å². The third kappa shape index (κ3) is 4.26. The van der Waals surface area contributed by atoms with Crippen LogP contribution in [0, 0.1) is 0 Å². The third-order valence-corrected chi connectivity index (χ3v) is 2.55. The second-order valence-electron chi connectivity index (χ2n) is 3.62. The molecule has 0 saturated carbocycles. The second kappa shape index (κ2) is 6.68. The molecule has 0 amide bonds. The summed E-state index contributed by atoms with van der Waals surface area (Å²) in [5.74, 6) is -0.749. The van der Waals surface area contributed by atoms with Crippen LogP contribution in [0.4, 0.5) is 0 Å². The number of hydrogen-bond acceptors (Lipinski definition) is 4. The van der Waals surface area contributed by atoms with Crippen molar-refractivity contribution < 1.29 is 19.1 Å². The lowest BCUT2D eigenvalue weighted by molar-refractivity contribution is -0.135. The first kappa shape index (κ1) is 13.2. The molecule has 1 aliphatic carbocycles. The van der Waals surface area contributed by atoms with Crippen LogP contribution in [0.2, 0.25) is 0 Å². The Morgan fingerprint density at radius 2 is 1.35 bits per heavy atom. The zero-order valence-electron chi connectivity index (χ0n) is 10.1. The Morgan fingerprint density at radius 1 is 0.941 bits per heavy atom. The van der Waals surface area contributed by atoms with Crippen molar-refractivity contribution in [2.45, 2.75) is 19.3 Å². The summed E-state index contributed by atoms with van der Waals surface area (Å²) in [5.41, 5.74) is 2.13. The monoisotopic (exact) mass is 236 g/mol. The number of esters is 2. The average molecular weight is 236 g/mol. The SMILES string of the molecule is COC(=O)/C=C/C1=C(/C=C/C(=O)OC)CCC1. The van der Waals surface area contributed by atoms with E-state index >= 15 is 0 Å². The minimum absolute atomic E-state index is 0.374. The molecule has 0 aliphatic heterocycles. The summed E-state index contributed by atoms with van der Waals surface area (Å²) >= 11 is 0. The van der Waals surface area contributed by atoms with Crippen LogP contribution in [-0.2, 0) is 19.1 Å². The molecular weight excluding hydrogens is 220 g/mol. The first-order valence-electron chi connectivity index (χ1n) is 5.41. The molecule has 0 fully saturated rings. The summed E-state index contributed by atoms with van der Waals surface area (Å²) < 4.78 is 9.04. The third-order valence-electron chi connectivity index (χ3n) is 2.55. The van der Waals surface area contributed by atoms with Gasteiger partial charge in [0.2, 0.25) is 0 Å². The summed E-state index contributed by atoms with van der Waals surface area (Å²) in [6.07, 6.45) is 9.13. The maximum Gasteiger partial charge on any atom is 0.330 e. The number of hydrogen-bond donors (Lipinski definition) is 0. The van der Waals surface area contributed by atoms with Crippen molar-refractivity contribution in [2.24, 2.45) is 0 Å². The van der Waals surface area contributed by atoms with Crippen molar-refractivity contribution >= 4 is 11.9 Å². The maximum absolute atomic E-state index is 11.0. The highest BCUT2D eigenvalue weighted by Gasteiger charge is 2.10. The Bertz CT molecular complexity index is 352. The van der Waals surface area contributed by atoms with Crippen molar-refractivity contribution in [3.8, 4) is 0 Å². The Labute approximate surface area is 101 Å². The van der Waals surface area contributed by atoms with Crippen molar-refractivity contribution in [1.29, 1.82) is 0 Å². The van der Waals surface area contributed by atoms with E-state index < -0.39 is 0 Å². The summed E-state index contributed by atoms with van der Waals surface area (Å²) in [5, 5.41) is 0. The molecule has 4 heteroatoms. The van der Waals surface area contributed by atoms with E-state index in [1.165, 1.54) is 26.4 Å². The smallest absolute Gasteiger partial charge is 0.330 e. The molecule has 0 radical (unpaired) electrons. The van der Waals surface area contributed by atoms with Gasteiger partial charge in [0.25, 0.3) is 0 Å². The molecule has 0 aromatic carbocycles.